The summed E-state index contributed by atoms with van der Waals surface area (Å²) in [4.78, 5) is 0. The van der Waals surface area contributed by atoms with Crippen LogP contribution in [0.15, 0.2) is 78.9 Å². The highest BCUT2D eigenvalue weighted by Gasteiger charge is 2.33. The summed E-state index contributed by atoms with van der Waals surface area (Å²) in [6.45, 7) is 2.23. The Hall–Kier alpha value is -2.65. The minimum absolute atomic E-state index is 0.355. The second-order valence-corrected chi connectivity index (χ2v) is 5.99. The van der Waals surface area contributed by atoms with E-state index in [2.05, 4.69) is 0 Å². The topological polar surface area (TPSA) is 29.5 Å². The van der Waals surface area contributed by atoms with E-state index in [1.54, 1.807) is 6.07 Å². The molecule has 128 valence electrons. The van der Waals surface area contributed by atoms with Crippen molar-refractivity contribution in [1.29, 1.82) is 0 Å². The first-order valence-electron chi connectivity index (χ1n) is 8.38. The second kappa shape index (κ2) is 7.49. The van der Waals surface area contributed by atoms with Gasteiger partial charge in [0, 0.05) is 5.56 Å². The van der Waals surface area contributed by atoms with Gasteiger partial charge in [0.2, 0.25) is 0 Å². The van der Waals surface area contributed by atoms with Crippen LogP contribution in [0.25, 0.3) is 0 Å². The predicted octanol–water partition coefficient (Wildman–Crippen LogP) is 5.05. The number of halogens is 1. The van der Waals surface area contributed by atoms with E-state index in [4.69, 9.17) is 4.74 Å². The van der Waals surface area contributed by atoms with E-state index in [-0.39, 0.29) is 0 Å². The summed E-state index contributed by atoms with van der Waals surface area (Å²) in [6.07, 6.45) is 0.405. The van der Waals surface area contributed by atoms with Gasteiger partial charge >= 0.3 is 0 Å². The molecular weight excluding hydrogens is 315 g/mol. The summed E-state index contributed by atoms with van der Waals surface area (Å²) in [5, 5.41) is 11.3. The Balaban J connectivity index is 1.98. The summed E-state index contributed by atoms with van der Waals surface area (Å²) in [5.41, 5.74) is 0.859. The molecule has 2 nitrogen and oxygen atoms in total. The van der Waals surface area contributed by atoms with Gasteiger partial charge in [0.15, 0.2) is 0 Å². The van der Waals surface area contributed by atoms with Crippen LogP contribution in [0.4, 0.5) is 4.39 Å². The summed E-state index contributed by atoms with van der Waals surface area (Å²) >= 11 is 0. The van der Waals surface area contributed by atoms with Crippen molar-refractivity contribution in [2.24, 2.45) is 0 Å². The Morgan fingerprint density at radius 3 is 2.20 bits per heavy atom. The Morgan fingerprint density at radius 2 is 1.56 bits per heavy atom. The first-order chi connectivity index (χ1) is 12.1. The van der Waals surface area contributed by atoms with Crippen LogP contribution < -0.4 is 4.74 Å². The van der Waals surface area contributed by atoms with Gasteiger partial charge in [0.05, 0.1) is 0 Å². The summed E-state index contributed by atoms with van der Waals surface area (Å²) in [6, 6.07) is 23.3. The van der Waals surface area contributed by atoms with Crippen molar-refractivity contribution in [1.82, 2.24) is 0 Å². The van der Waals surface area contributed by atoms with Crippen LogP contribution in [-0.2, 0) is 12.2 Å². The van der Waals surface area contributed by atoms with E-state index in [1.807, 2.05) is 67.6 Å². The Bertz CT molecular complexity index is 818. The molecule has 0 bridgehead atoms. The van der Waals surface area contributed by atoms with Gasteiger partial charge in [-0.15, -0.1) is 0 Å². The minimum atomic E-state index is -1.31. The lowest BCUT2D eigenvalue weighted by Gasteiger charge is -2.30. The van der Waals surface area contributed by atoms with Gasteiger partial charge in [0.25, 0.3) is 0 Å². The summed E-state index contributed by atoms with van der Waals surface area (Å²) in [7, 11) is 0. The van der Waals surface area contributed by atoms with Crippen molar-refractivity contribution in [2.75, 3.05) is 0 Å². The third-order valence-electron chi connectivity index (χ3n) is 4.39. The van der Waals surface area contributed by atoms with Gasteiger partial charge in [-0.05, 0) is 35.7 Å². The fraction of sp³-hybridized carbons (Fsp3) is 0.182. The molecule has 0 amide bonds. The maximum Gasteiger partial charge on any atom is 0.126 e. The van der Waals surface area contributed by atoms with E-state index in [0.29, 0.717) is 29.9 Å². The predicted molar refractivity (Wildman–Crippen MR) is 96.9 cm³/mol. The number of hydrogen-bond donors (Lipinski definition) is 1. The van der Waals surface area contributed by atoms with Crippen molar-refractivity contribution < 1.29 is 14.2 Å². The normalized spacial score (nSPS) is 13.2. The molecule has 0 radical (unpaired) electrons. The molecule has 0 heterocycles. The van der Waals surface area contributed by atoms with Crippen LogP contribution in [-0.4, -0.2) is 5.11 Å². The highest BCUT2D eigenvalue weighted by Crippen LogP contribution is 2.38. The van der Waals surface area contributed by atoms with E-state index >= 15 is 0 Å². The van der Waals surface area contributed by atoms with E-state index in [0.717, 1.165) is 5.56 Å². The fourth-order valence-electron chi connectivity index (χ4n) is 2.95. The van der Waals surface area contributed by atoms with Gasteiger partial charge in [-0.1, -0.05) is 67.6 Å². The van der Waals surface area contributed by atoms with Crippen LogP contribution in [0.3, 0.4) is 0 Å². The molecule has 0 aromatic heterocycles. The van der Waals surface area contributed by atoms with Gasteiger partial charge < -0.3 is 9.84 Å². The highest BCUT2D eigenvalue weighted by molar-refractivity contribution is 5.45. The van der Waals surface area contributed by atoms with E-state index in [9.17, 15) is 9.50 Å². The average Bonchev–Trinajstić information content (AvgIpc) is 2.68. The third-order valence-corrected chi connectivity index (χ3v) is 4.39. The molecule has 0 aliphatic heterocycles. The van der Waals surface area contributed by atoms with Gasteiger partial charge in [-0.3, -0.25) is 0 Å². The molecule has 1 N–H and O–H groups in total. The molecule has 0 aliphatic rings. The Kier molecular flexibility index (Phi) is 5.15. The highest BCUT2D eigenvalue weighted by atomic mass is 19.1. The SMILES string of the molecule is CCC(O)(c1ccccc1)c1cc(F)ccc1OCc1ccccc1. The smallest absolute Gasteiger partial charge is 0.126 e. The average molecular weight is 336 g/mol. The standard InChI is InChI=1S/C22H21FO2/c1-2-22(24,18-11-7-4-8-12-18)20-15-19(23)13-14-21(20)25-16-17-9-5-3-6-10-17/h3-15,24H,2,16H2,1H3. The molecule has 3 rings (SSSR count). The molecule has 3 aromatic rings. The fourth-order valence-corrected chi connectivity index (χ4v) is 2.95. The lowest BCUT2D eigenvalue weighted by atomic mass is 9.83. The van der Waals surface area contributed by atoms with Crippen LogP contribution in [0, 0.1) is 5.82 Å². The lowest BCUT2D eigenvalue weighted by Crippen LogP contribution is -2.27. The van der Waals surface area contributed by atoms with Gasteiger partial charge in [-0.2, -0.15) is 0 Å². The molecule has 0 fully saturated rings. The molecule has 0 spiro atoms. The third kappa shape index (κ3) is 3.72. The monoisotopic (exact) mass is 336 g/mol. The molecule has 0 aliphatic carbocycles. The first kappa shape index (κ1) is 17.2. The lowest BCUT2D eigenvalue weighted by molar-refractivity contribution is 0.0720. The molecule has 0 saturated heterocycles. The number of rotatable bonds is 6. The maximum absolute atomic E-state index is 13.9. The molecule has 0 saturated carbocycles. The Labute approximate surface area is 147 Å². The van der Waals surface area contributed by atoms with Gasteiger partial charge in [-0.25, -0.2) is 4.39 Å². The van der Waals surface area contributed by atoms with Crippen molar-refractivity contribution in [3.63, 3.8) is 0 Å². The molecule has 3 heteroatoms. The minimum Gasteiger partial charge on any atom is -0.488 e. The largest absolute Gasteiger partial charge is 0.488 e. The first-order valence-corrected chi connectivity index (χ1v) is 8.38. The van der Waals surface area contributed by atoms with E-state index in [1.165, 1.54) is 12.1 Å². The molecule has 1 unspecified atom stereocenters. The number of ether oxygens (including phenoxy) is 1. The van der Waals surface area contributed by atoms with Crippen LogP contribution in [0.5, 0.6) is 5.75 Å². The zero-order chi connectivity index (χ0) is 17.7. The van der Waals surface area contributed by atoms with Crippen LogP contribution in [0.2, 0.25) is 0 Å². The summed E-state index contributed by atoms with van der Waals surface area (Å²) in [5.74, 6) is 0.0864. The van der Waals surface area contributed by atoms with Crippen LogP contribution >= 0.6 is 0 Å². The maximum atomic E-state index is 13.9. The van der Waals surface area contributed by atoms with Gasteiger partial charge in [0.1, 0.15) is 23.8 Å². The number of hydrogen-bond acceptors (Lipinski definition) is 2. The molecule has 1 atom stereocenters. The zero-order valence-electron chi connectivity index (χ0n) is 14.2. The van der Waals surface area contributed by atoms with Crippen molar-refractivity contribution in [2.45, 2.75) is 25.6 Å². The number of benzene rings is 3. The Morgan fingerprint density at radius 1 is 0.920 bits per heavy atom. The summed E-state index contributed by atoms with van der Waals surface area (Å²) < 4.78 is 19.8. The van der Waals surface area contributed by atoms with Crippen LogP contribution in [0.1, 0.15) is 30.0 Å². The number of aliphatic hydroxyl groups is 1. The zero-order valence-corrected chi connectivity index (χ0v) is 14.2. The van der Waals surface area contributed by atoms with Crippen molar-refractivity contribution >= 4 is 0 Å². The van der Waals surface area contributed by atoms with Crippen molar-refractivity contribution in [3.05, 3.63) is 101 Å². The quantitative estimate of drug-likeness (QED) is 0.682. The molecular formula is C22H21FO2. The molecule has 25 heavy (non-hydrogen) atoms. The molecule has 3 aromatic carbocycles. The van der Waals surface area contributed by atoms with E-state index < -0.39 is 11.4 Å². The second-order valence-electron chi connectivity index (χ2n) is 5.99. The van der Waals surface area contributed by atoms with Crippen molar-refractivity contribution in [3.8, 4) is 5.75 Å².